The predicted molar refractivity (Wildman–Crippen MR) is 64.5 cm³/mol. The first kappa shape index (κ1) is 11.5. The Balaban J connectivity index is 2.53. The Kier molecular flexibility index (Phi) is 4.61. The Labute approximate surface area is 91.2 Å². The van der Waals surface area contributed by atoms with E-state index in [2.05, 4.69) is 18.5 Å². The molecule has 2 heteroatoms. The van der Waals surface area contributed by atoms with Crippen molar-refractivity contribution in [2.45, 2.75) is 12.8 Å². The molecule has 1 aromatic carbocycles. The maximum absolute atomic E-state index is 10.5. The van der Waals surface area contributed by atoms with Gasteiger partial charge in [0.1, 0.15) is 6.29 Å². The molecule has 0 amide bonds. The van der Waals surface area contributed by atoms with Crippen LogP contribution in [0.4, 0.5) is 5.69 Å². The van der Waals surface area contributed by atoms with Crippen LogP contribution in [-0.2, 0) is 0 Å². The van der Waals surface area contributed by atoms with E-state index in [4.69, 9.17) is 0 Å². The number of hydrogen-bond acceptors (Lipinski definition) is 2. The molecule has 0 N–H and O–H groups in total. The van der Waals surface area contributed by atoms with Crippen LogP contribution in [0.25, 0.3) is 0 Å². The second-order valence-corrected chi connectivity index (χ2v) is 3.56. The predicted octanol–water partition coefficient (Wildman–Crippen LogP) is 2.90. The van der Waals surface area contributed by atoms with Gasteiger partial charge >= 0.3 is 0 Å². The van der Waals surface area contributed by atoms with Gasteiger partial charge in [0.15, 0.2) is 0 Å². The van der Waals surface area contributed by atoms with Gasteiger partial charge in [0.25, 0.3) is 0 Å². The van der Waals surface area contributed by atoms with E-state index in [0.29, 0.717) is 0 Å². The highest BCUT2D eigenvalue weighted by molar-refractivity contribution is 5.75. The van der Waals surface area contributed by atoms with Crippen molar-refractivity contribution < 1.29 is 4.79 Å². The van der Waals surface area contributed by atoms with Crippen LogP contribution < -0.4 is 4.90 Å². The third-order valence-corrected chi connectivity index (χ3v) is 2.37. The summed E-state index contributed by atoms with van der Waals surface area (Å²) in [6.07, 6.45) is 4.94. The van der Waals surface area contributed by atoms with Crippen molar-refractivity contribution in [2.24, 2.45) is 0 Å². The van der Waals surface area contributed by atoms with Crippen molar-refractivity contribution in [3.63, 3.8) is 0 Å². The van der Waals surface area contributed by atoms with E-state index in [0.717, 1.165) is 36.9 Å². The van der Waals surface area contributed by atoms with Crippen LogP contribution in [-0.4, -0.2) is 19.9 Å². The van der Waals surface area contributed by atoms with Gasteiger partial charge in [-0.2, -0.15) is 0 Å². The zero-order chi connectivity index (χ0) is 11.1. The topological polar surface area (TPSA) is 20.3 Å². The van der Waals surface area contributed by atoms with E-state index in [9.17, 15) is 4.79 Å². The SMILES string of the molecule is C=CCCCN(C)c1ccc(C=O)cc1. The highest BCUT2D eigenvalue weighted by atomic mass is 16.1. The summed E-state index contributed by atoms with van der Waals surface area (Å²) in [4.78, 5) is 12.7. The number of unbranched alkanes of at least 4 members (excludes halogenated alkanes) is 1. The minimum Gasteiger partial charge on any atom is -0.375 e. The Morgan fingerprint density at radius 3 is 2.53 bits per heavy atom. The molecule has 2 nitrogen and oxygen atoms in total. The highest BCUT2D eigenvalue weighted by Gasteiger charge is 1.99. The number of carbonyl (C=O) groups excluding carboxylic acids is 1. The van der Waals surface area contributed by atoms with E-state index in [1.54, 1.807) is 0 Å². The molecule has 0 aliphatic heterocycles. The number of aldehydes is 1. The van der Waals surface area contributed by atoms with Gasteiger partial charge in [-0.25, -0.2) is 0 Å². The number of carbonyl (C=O) groups is 1. The van der Waals surface area contributed by atoms with Crippen LogP contribution in [0.2, 0.25) is 0 Å². The fourth-order valence-electron chi connectivity index (χ4n) is 1.41. The molecule has 0 heterocycles. The largest absolute Gasteiger partial charge is 0.375 e. The molecule has 0 aliphatic carbocycles. The van der Waals surface area contributed by atoms with E-state index in [1.807, 2.05) is 30.3 Å². The summed E-state index contributed by atoms with van der Waals surface area (Å²) in [5, 5.41) is 0. The summed E-state index contributed by atoms with van der Waals surface area (Å²) in [5.74, 6) is 0. The fourth-order valence-corrected chi connectivity index (χ4v) is 1.41. The van der Waals surface area contributed by atoms with Crippen molar-refractivity contribution in [1.82, 2.24) is 0 Å². The molecule has 0 radical (unpaired) electrons. The highest BCUT2D eigenvalue weighted by Crippen LogP contribution is 2.13. The number of hydrogen-bond donors (Lipinski definition) is 0. The fraction of sp³-hybridized carbons (Fsp3) is 0.308. The Morgan fingerprint density at radius 2 is 2.00 bits per heavy atom. The molecule has 0 atom stereocenters. The van der Waals surface area contributed by atoms with E-state index >= 15 is 0 Å². The maximum Gasteiger partial charge on any atom is 0.150 e. The molecule has 0 bridgehead atoms. The Hall–Kier alpha value is -1.57. The molecule has 0 saturated heterocycles. The van der Waals surface area contributed by atoms with E-state index in [-0.39, 0.29) is 0 Å². The quantitative estimate of drug-likeness (QED) is 0.402. The molecule has 0 saturated carbocycles. The second kappa shape index (κ2) is 6.02. The van der Waals surface area contributed by atoms with Gasteiger partial charge in [-0.3, -0.25) is 4.79 Å². The molecule has 1 aromatic rings. The molecule has 1 rings (SSSR count). The third-order valence-electron chi connectivity index (χ3n) is 2.37. The number of benzene rings is 1. The van der Waals surface area contributed by atoms with Crippen LogP contribution in [0.3, 0.4) is 0 Å². The van der Waals surface area contributed by atoms with Gasteiger partial charge in [-0.15, -0.1) is 6.58 Å². The first-order chi connectivity index (χ1) is 7.27. The van der Waals surface area contributed by atoms with E-state index < -0.39 is 0 Å². The molecule has 15 heavy (non-hydrogen) atoms. The van der Waals surface area contributed by atoms with Crippen molar-refractivity contribution in [3.05, 3.63) is 42.5 Å². The summed E-state index contributed by atoms with van der Waals surface area (Å²) in [5.41, 5.74) is 1.86. The molecule has 0 spiro atoms. The average Bonchev–Trinajstić information content (AvgIpc) is 2.29. The second-order valence-electron chi connectivity index (χ2n) is 3.56. The molecular weight excluding hydrogens is 186 g/mol. The number of nitrogens with zero attached hydrogens (tertiary/aromatic N) is 1. The summed E-state index contributed by atoms with van der Waals surface area (Å²) >= 11 is 0. The van der Waals surface area contributed by atoms with Crippen LogP contribution in [0, 0.1) is 0 Å². The van der Waals surface area contributed by atoms with Crippen molar-refractivity contribution >= 4 is 12.0 Å². The van der Waals surface area contributed by atoms with Gasteiger partial charge in [0.05, 0.1) is 0 Å². The molecule has 0 aliphatic rings. The first-order valence-corrected chi connectivity index (χ1v) is 5.15. The lowest BCUT2D eigenvalue weighted by atomic mass is 10.2. The normalized spacial score (nSPS) is 9.67. The van der Waals surface area contributed by atoms with Gasteiger partial charge in [-0.1, -0.05) is 6.08 Å². The maximum atomic E-state index is 10.5. The molecule has 80 valence electrons. The lowest BCUT2D eigenvalue weighted by Crippen LogP contribution is -2.18. The van der Waals surface area contributed by atoms with Crippen LogP contribution in [0.1, 0.15) is 23.2 Å². The van der Waals surface area contributed by atoms with Crippen LogP contribution in [0.15, 0.2) is 36.9 Å². The molecule has 0 fully saturated rings. The Bertz CT molecular complexity index is 316. The lowest BCUT2D eigenvalue weighted by Gasteiger charge is -2.18. The standard InChI is InChI=1S/C13H17NO/c1-3-4-5-10-14(2)13-8-6-12(11-15)7-9-13/h3,6-9,11H,1,4-5,10H2,2H3. The minimum absolute atomic E-state index is 0.721. The molecule has 0 aromatic heterocycles. The Morgan fingerprint density at radius 1 is 1.33 bits per heavy atom. The molecular formula is C13H17NO. The van der Waals surface area contributed by atoms with E-state index in [1.165, 1.54) is 0 Å². The monoisotopic (exact) mass is 203 g/mol. The number of allylic oxidation sites excluding steroid dienone is 1. The van der Waals surface area contributed by atoms with Crippen molar-refractivity contribution in [2.75, 3.05) is 18.5 Å². The van der Waals surface area contributed by atoms with Gasteiger partial charge in [-0.05, 0) is 37.1 Å². The zero-order valence-corrected chi connectivity index (χ0v) is 9.15. The summed E-state index contributed by atoms with van der Waals surface area (Å²) in [6, 6.07) is 7.62. The summed E-state index contributed by atoms with van der Waals surface area (Å²) in [7, 11) is 2.05. The first-order valence-electron chi connectivity index (χ1n) is 5.15. The van der Waals surface area contributed by atoms with Crippen LogP contribution >= 0.6 is 0 Å². The molecule has 0 unspecified atom stereocenters. The van der Waals surface area contributed by atoms with Crippen molar-refractivity contribution in [1.29, 1.82) is 0 Å². The average molecular weight is 203 g/mol. The smallest absolute Gasteiger partial charge is 0.150 e. The summed E-state index contributed by atoms with van der Waals surface area (Å²) in [6.45, 7) is 4.70. The number of anilines is 1. The van der Waals surface area contributed by atoms with Gasteiger partial charge in [0, 0.05) is 24.8 Å². The minimum atomic E-state index is 0.721. The number of rotatable bonds is 6. The zero-order valence-electron chi connectivity index (χ0n) is 9.15. The van der Waals surface area contributed by atoms with Crippen LogP contribution in [0.5, 0.6) is 0 Å². The summed E-state index contributed by atoms with van der Waals surface area (Å²) < 4.78 is 0. The third kappa shape index (κ3) is 3.58. The van der Waals surface area contributed by atoms with Gasteiger partial charge in [0.2, 0.25) is 0 Å². The lowest BCUT2D eigenvalue weighted by molar-refractivity contribution is 0.112. The van der Waals surface area contributed by atoms with Crippen molar-refractivity contribution in [3.8, 4) is 0 Å². The van der Waals surface area contributed by atoms with Gasteiger partial charge < -0.3 is 4.90 Å².